The standard InChI is InChI=1S/C16H11F3N6O2/c1-8-21-12(27-24-8)7-25-3-2-20-14(25)9-4-10(6-11(17)5-9)15-22-23-16(26-15)13(18)19/h2-6,13H,7H2,1H3. The van der Waals surface area contributed by atoms with E-state index in [1.165, 1.54) is 18.3 Å². The fraction of sp³-hybridized carbons (Fsp3) is 0.188. The second-order valence-electron chi connectivity index (χ2n) is 5.59. The van der Waals surface area contributed by atoms with Crippen LogP contribution in [0.1, 0.15) is 24.0 Å². The Morgan fingerprint density at radius 3 is 2.67 bits per heavy atom. The Bertz CT molecular complexity index is 1090. The molecule has 0 saturated heterocycles. The van der Waals surface area contributed by atoms with Crippen molar-refractivity contribution in [2.75, 3.05) is 0 Å². The highest BCUT2D eigenvalue weighted by Gasteiger charge is 2.19. The smallest absolute Gasteiger partial charge is 0.314 e. The van der Waals surface area contributed by atoms with Crippen LogP contribution in [0, 0.1) is 12.7 Å². The Hall–Kier alpha value is -3.50. The molecule has 8 nitrogen and oxygen atoms in total. The molecule has 0 aliphatic heterocycles. The first-order valence-corrected chi connectivity index (χ1v) is 7.73. The molecule has 4 aromatic rings. The molecule has 3 aromatic heterocycles. The number of imidazole rings is 1. The number of benzene rings is 1. The van der Waals surface area contributed by atoms with E-state index in [1.54, 1.807) is 17.7 Å². The van der Waals surface area contributed by atoms with Gasteiger partial charge in [0.15, 0.2) is 5.82 Å². The van der Waals surface area contributed by atoms with Gasteiger partial charge in [-0.1, -0.05) is 5.16 Å². The summed E-state index contributed by atoms with van der Waals surface area (Å²) < 4.78 is 51.0. The summed E-state index contributed by atoms with van der Waals surface area (Å²) in [5, 5.41) is 10.5. The first-order chi connectivity index (χ1) is 13.0. The van der Waals surface area contributed by atoms with Gasteiger partial charge in [-0.2, -0.15) is 13.8 Å². The number of halogens is 3. The molecule has 0 unspecified atom stereocenters. The first-order valence-electron chi connectivity index (χ1n) is 7.73. The van der Waals surface area contributed by atoms with E-state index in [9.17, 15) is 13.2 Å². The van der Waals surface area contributed by atoms with E-state index in [4.69, 9.17) is 8.94 Å². The van der Waals surface area contributed by atoms with Crippen LogP contribution in [0.15, 0.2) is 39.5 Å². The molecule has 0 atom stereocenters. The lowest BCUT2D eigenvalue weighted by Gasteiger charge is -2.07. The van der Waals surface area contributed by atoms with Gasteiger partial charge in [-0.15, -0.1) is 10.2 Å². The third kappa shape index (κ3) is 3.43. The molecule has 3 heterocycles. The van der Waals surface area contributed by atoms with E-state index >= 15 is 0 Å². The van der Waals surface area contributed by atoms with Gasteiger partial charge < -0.3 is 13.5 Å². The summed E-state index contributed by atoms with van der Waals surface area (Å²) in [7, 11) is 0. The molecule has 11 heteroatoms. The van der Waals surface area contributed by atoms with E-state index in [1.807, 2.05) is 0 Å². The Morgan fingerprint density at radius 2 is 1.96 bits per heavy atom. The number of hydrogen-bond donors (Lipinski definition) is 0. The minimum Gasteiger partial charge on any atom is -0.415 e. The van der Waals surface area contributed by atoms with Crippen LogP contribution < -0.4 is 0 Å². The van der Waals surface area contributed by atoms with Crippen molar-refractivity contribution >= 4 is 0 Å². The summed E-state index contributed by atoms with van der Waals surface area (Å²) in [6.07, 6.45) is 0.294. The zero-order valence-electron chi connectivity index (χ0n) is 13.8. The fourth-order valence-electron chi connectivity index (χ4n) is 2.53. The number of nitrogens with zero attached hydrogens (tertiary/aromatic N) is 6. The van der Waals surface area contributed by atoms with Crippen LogP contribution in [0.3, 0.4) is 0 Å². The van der Waals surface area contributed by atoms with Crippen molar-refractivity contribution in [1.29, 1.82) is 0 Å². The Morgan fingerprint density at radius 1 is 1.15 bits per heavy atom. The van der Waals surface area contributed by atoms with Crippen LogP contribution >= 0.6 is 0 Å². The fourth-order valence-corrected chi connectivity index (χ4v) is 2.53. The van der Waals surface area contributed by atoms with E-state index in [2.05, 4.69) is 25.3 Å². The highest BCUT2D eigenvalue weighted by Crippen LogP contribution is 2.28. The molecule has 4 rings (SSSR count). The number of hydrogen-bond acceptors (Lipinski definition) is 7. The lowest BCUT2D eigenvalue weighted by Crippen LogP contribution is -2.02. The van der Waals surface area contributed by atoms with Crippen LogP contribution in [0.25, 0.3) is 22.8 Å². The number of aromatic nitrogens is 6. The van der Waals surface area contributed by atoms with Crippen LogP contribution in [0.4, 0.5) is 13.2 Å². The monoisotopic (exact) mass is 376 g/mol. The van der Waals surface area contributed by atoms with Gasteiger partial charge in [-0.05, 0) is 25.1 Å². The maximum Gasteiger partial charge on any atom is 0.314 e. The molecule has 0 saturated carbocycles. The lowest BCUT2D eigenvalue weighted by atomic mass is 10.1. The Labute approximate surface area is 149 Å². The van der Waals surface area contributed by atoms with Crippen molar-refractivity contribution in [3.05, 3.63) is 54.0 Å². The molecule has 0 radical (unpaired) electrons. The molecular weight excluding hydrogens is 365 g/mol. The van der Waals surface area contributed by atoms with Crippen molar-refractivity contribution in [3.8, 4) is 22.8 Å². The molecule has 27 heavy (non-hydrogen) atoms. The summed E-state index contributed by atoms with van der Waals surface area (Å²) in [6, 6.07) is 3.89. The molecule has 0 aliphatic carbocycles. The molecule has 0 amide bonds. The molecule has 0 fully saturated rings. The van der Waals surface area contributed by atoms with Gasteiger partial charge in [0.2, 0.25) is 11.8 Å². The van der Waals surface area contributed by atoms with E-state index in [-0.39, 0.29) is 18.0 Å². The second kappa shape index (κ2) is 6.67. The zero-order chi connectivity index (χ0) is 19.0. The SMILES string of the molecule is Cc1noc(Cn2ccnc2-c2cc(F)cc(-c3nnc(C(F)F)o3)c2)n1. The summed E-state index contributed by atoms with van der Waals surface area (Å²) in [6.45, 7) is 1.93. The lowest BCUT2D eigenvalue weighted by molar-refractivity contribution is 0.116. The average molecular weight is 376 g/mol. The molecule has 1 aromatic carbocycles. The summed E-state index contributed by atoms with van der Waals surface area (Å²) in [5.41, 5.74) is 0.551. The molecule has 138 valence electrons. The predicted octanol–water partition coefficient (Wildman–Crippen LogP) is 3.42. The predicted molar refractivity (Wildman–Crippen MR) is 84.0 cm³/mol. The van der Waals surface area contributed by atoms with E-state index < -0.39 is 18.1 Å². The van der Waals surface area contributed by atoms with Crippen LogP contribution in [0.2, 0.25) is 0 Å². The van der Waals surface area contributed by atoms with Crippen LogP contribution in [-0.4, -0.2) is 29.9 Å². The topological polar surface area (TPSA) is 95.7 Å². The van der Waals surface area contributed by atoms with Crippen molar-refractivity contribution in [3.63, 3.8) is 0 Å². The van der Waals surface area contributed by atoms with E-state index in [0.29, 0.717) is 23.1 Å². The zero-order valence-corrected chi connectivity index (χ0v) is 13.8. The quantitative estimate of drug-likeness (QED) is 0.527. The van der Waals surface area contributed by atoms with Gasteiger partial charge in [0, 0.05) is 23.5 Å². The molecular formula is C16H11F3N6O2. The maximum atomic E-state index is 14.1. The van der Waals surface area contributed by atoms with Gasteiger partial charge in [0.1, 0.15) is 18.2 Å². The second-order valence-corrected chi connectivity index (χ2v) is 5.59. The largest absolute Gasteiger partial charge is 0.415 e. The number of aryl methyl sites for hydroxylation is 1. The van der Waals surface area contributed by atoms with Crippen molar-refractivity contribution in [2.45, 2.75) is 19.9 Å². The minimum atomic E-state index is -2.91. The van der Waals surface area contributed by atoms with Crippen LogP contribution in [-0.2, 0) is 6.54 Å². The molecule has 0 spiro atoms. The average Bonchev–Trinajstić information content (AvgIpc) is 3.35. The van der Waals surface area contributed by atoms with Gasteiger partial charge in [-0.25, -0.2) is 9.37 Å². The summed E-state index contributed by atoms with van der Waals surface area (Å²) in [5.74, 6) is -0.378. The third-order valence-electron chi connectivity index (χ3n) is 3.62. The molecule has 0 bridgehead atoms. The molecule has 0 N–H and O–H groups in total. The highest BCUT2D eigenvalue weighted by molar-refractivity contribution is 5.65. The minimum absolute atomic E-state index is 0.160. The van der Waals surface area contributed by atoms with Crippen molar-refractivity contribution in [1.82, 2.24) is 29.9 Å². The molecule has 0 aliphatic rings. The van der Waals surface area contributed by atoms with Crippen molar-refractivity contribution in [2.24, 2.45) is 0 Å². The normalized spacial score (nSPS) is 11.4. The van der Waals surface area contributed by atoms with E-state index in [0.717, 1.165) is 6.07 Å². The van der Waals surface area contributed by atoms with Crippen molar-refractivity contribution < 1.29 is 22.1 Å². The maximum absolute atomic E-state index is 14.1. The summed E-state index contributed by atoms with van der Waals surface area (Å²) in [4.78, 5) is 8.34. The third-order valence-corrected chi connectivity index (χ3v) is 3.62. The van der Waals surface area contributed by atoms with Crippen LogP contribution in [0.5, 0.6) is 0 Å². The summed E-state index contributed by atoms with van der Waals surface area (Å²) >= 11 is 0. The Kier molecular flexibility index (Phi) is 4.18. The first kappa shape index (κ1) is 16.9. The Balaban J connectivity index is 1.70. The number of alkyl halides is 2. The highest BCUT2D eigenvalue weighted by atomic mass is 19.3. The van der Waals surface area contributed by atoms with Gasteiger partial charge >= 0.3 is 6.43 Å². The van der Waals surface area contributed by atoms with Gasteiger partial charge in [0.25, 0.3) is 5.89 Å². The van der Waals surface area contributed by atoms with Gasteiger partial charge in [0.05, 0.1) is 0 Å². The number of rotatable bonds is 5. The van der Waals surface area contributed by atoms with Gasteiger partial charge in [-0.3, -0.25) is 0 Å².